The molecule has 3 aromatic rings. The number of nitro groups is 1. The zero-order valence-electron chi connectivity index (χ0n) is 13.2. The molecular formula is C17H15N3O4. The summed E-state index contributed by atoms with van der Waals surface area (Å²) in [5, 5.41) is 14.7. The normalized spacial score (nSPS) is 10.6. The first-order valence-electron chi connectivity index (χ1n) is 7.30. The van der Waals surface area contributed by atoms with Crippen LogP contribution in [0.4, 0.5) is 5.69 Å². The number of ether oxygens (including phenoxy) is 1. The number of aryl methyl sites for hydroxylation is 2. The maximum absolute atomic E-state index is 10.8. The molecule has 1 aromatic heterocycles. The van der Waals surface area contributed by atoms with Crippen LogP contribution in [0.5, 0.6) is 5.75 Å². The Morgan fingerprint density at radius 2 is 2.00 bits per heavy atom. The van der Waals surface area contributed by atoms with Crippen LogP contribution in [0.3, 0.4) is 0 Å². The highest BCUT2D eigenvalue weighted by Crippen LogP contribution is 2.22. The molecule has 7 nitrogen and oxygen atoms in total. The monoisotopic (exact) mass is 325 g/mol. The lowest BCUT2D eigenvalue weighted by atomic mass is 10.1. The summed E-state index contributed by atoms with van der Waals surface area (Å²) in [6.45, 7) is 4.17. The highest BCUT2D eigenvalue weighted by atomic mass is 16.6. The third kappa shape index (κ3) is 3.40. The van der Waals surface area contributed by atoms with E-state index in [-0.39, 0.29) is 18.1 Å². The van der Waals surface area contributed by atoms with Crippen molar-refractivity contribution < 1.29 is 14.2 Å². The number of nitro benzene ring substituents is 1. The number of hydrogen-bond acceptors (Lipinski definition) is 6. The van der Waals surface area contributed by atoms with Crippen molar-refractivity contribution in [2.45, 2.75) is 20.5 Å². The second kappa shape index (κ2) is 6.49. The van der Waals surface area contributed by atoms with Crippen LogP contribution in [0.1, 0.15) is 17.0 Å². The second-order valence-corrected chi connectivity index (χ2v) is 5.35. The predicted octanol–water partition coefficient (Wildman–Crippen LogP) is 3.84. The van der Waals surface area contributed by atoms with Crippen LogP contribution >= 0.6 is 0 Å². The molecule has 24 heavy (non-hydrogen) atoms. The minimum absolute atomic E-state index is 0.0229. The van der Waals surface area contributed by atoms with E-state index in [1.165, 1.54) is 17.7 Å². The van der Waals surface area contributed by atoms with Gasteiger partial charge in [0.05, 0.1) is 4.92 Å². The number of nitrogens with zero attached hydrogens (tertiary/aromatic N) is 3. The summed E-state index contributed by atoms with van der Waals surface area (Å²) in [6, 6.07) is 11.9. The quantitative estimate of drug-likeness (QED) is 0.523. The summed E-state index contributed by atoms with van der Waals surface area (Å²) in [4.78, 5) is 14.6. The van der Waals surface area contributed by atoms with Crippen molar-refractivity contribution in [3.8, 4) is 17.1 Å². The molecule has 1 heterocycles. The van der Waals surface area contributed by atoms with Gasteiger partial charge in [-0.25, -0.2) is 0 Å². The van der Waals surface area contributed by atoms with E-state index in [1.807, 2.05) is 32.0 Å². The second-order valence-electron chi connectivity index (χ2n) is 5.35. The Labute approximate surface area is 138 Å². The molecule has 0 aliphatic heterocycles. The number of aromatic nitrogens is 2. The highest BCUT2D eigenvalue weighted by molar-refractivity contribution is 5.58. The molecule has 0 amide bonds. The molecule has 0 bridgehead atoms. The van der Waals surface area contributed by atoms with Gasteiger partial charge >= 0.3 is 0 Å². The van der Waals surface area contributed by atoms with Gasteiger partial charge in [-0.2, -0.15) is 4.98 Å². The van der Waals surface area contributed by atoms with Crippen molar-refractivity contribution in [3.05, 3.63) is 69.6 Å². The van der Waals surface area contributed by atoms with Gasteiger partial charge in [0.2, 0.25) is 5.82 Å². The van der Waals surface area contributed by atoms with Gasteiger partial charge in [0.25, 0.3) is 11.6 Å². The number of benzene rings is 2. The van der Waals surface area contributed by atoms with E-state index < -0.39 is 4.92 Å². The molecule has 0 atom stereocenters. The summed E-state index contributed by atoms with van der Waals surface area (Å²) in [5.41, 5.74) is 2.82. The summed E-state index contributed by atoms with van der Waals surface area (Å²) < 4.78 is 10.8. The average molecular weight is 325 g/mol. The third-order valence-electron chi connectivity index (χ3n) is 3.62. The molecule has 7 heteroatoms. The molecule has 3 rings (SSSR count). The molecule has 0 saturated heterocycles. The van der Waals surface area contributed by atoms with Crippen molar-refractivity contribution in [2.24, 2.45) is 0 Å². The molecule has 0 N–H and O–H groups in total. The first-order valence-corrected chi connectivity index (χ1v) is 7.30. The van der Waals surface area contributed by atoms with Crippen molar-refractivity contribution in [3.63, 3.8) is 0 Å². The number of non-ortho nitro benzene ring substituents is 1. The van der Waals surface area contributed by atoms with Crippen LogP contribution in [0.2, 0.25) is 0 Å². The molecular weight excluding hydrogens is 310 g/mol. The van der Waals surface area contributed by atoms with E-state index in [0.717, 1.165) is 5.56 Å². The van der Waals surface area contributed by atoms with E-state index in [0.29, 0.717) is 17.2 Å². The minimum Gasteiger partial charge on any atom is -0.484 e. The fourth-order valence-corrected chi connectivity index (χ4v) is 2.14. The molecule has 0 aliphatic carbocycles. The SMILES string of the molecule is Cc1ccc(OCc2nc(-c3cccc([N+](=O)[O-])c3)no2)cc1C. The maximum atomic E-state index is 10.8. The van der Waals surface area contributed by atoms with Crippen LogP contribution in [0, 0.1) is 24.0 Å². The van der Waals surface area contributed by atoms with Crippen LogP contribution in [0.25, 0.3) is 11.4 Å². The summed E-state index contributed by atoms with van der Waals surface area (Å²) in [7, 11) is 0. The molecule has 0 spiro atoms. The largest absolute Gasteiger partial charge is 0.484 e. The molecule has 0 fully saturated rings. The first kappa shape index (κ1) is 15.7. The standard InChI is InChI=1S/C17H15N3O4/c1-11-6-7-15(8-12(11)2)23-10-16-18-17(19-24-16)13-4-3-5-14(9-13)20(21)22/h3-9H,10H2,1-2H3. The van der Waals surface area contributed by atoms with E-state index in [2.05, 4.69) is 10.1 Å². The number of rotatable bonds is 5. The molecule has 0 unspecified atom stereocenters. The Bertz CT molecular complexity index is 889. The Morgan fingerprint density at radius 1 is 1.17 bits per heavy atom. The lowest BCUT2D eigenvalue weighted by Gasteiger charge is -2.05. The van der Waals surface area contributed by atoms with E-state index in [9.17, 15) is 10.1 Å². The van der Waals surface area contributed by atoms with Crippen LogP contribution < -0.4 is 4.74 Å². The summed E-state index contributed by atoms with van der Waals surface area (Å²) in [6.07, 6.45) is 0. The fourth-order valence-electron chi connectivity index (χ4n) is 2.14. The van der Waals surface area contributed by atoms with Gasteiger partial charge in [-0.1, -0.05) is 23.4 Å². The van der Waals surface area contributed by atoms with E-state index in [4.69, 9.17) is 9.26 Å². The van der Waals surface area contributed by atoms with Crippen molar-refractivity contribution >= 4 is 5.69 Å². The molecule has 122 valence electrons. The van der Waals surface area contributed by atoms with Crippen LogP contribution in [-0.2, 0) is 6.61 Å². The van der Waals surface area contributed by atoms with Gasteiger partial charge in [0.1, 0.15) is 5.75 Å². The highest BCUT2D eigenvalue weighted by Gasteiger charge is 2.13. The Morgan fingerprint density at radius 3 is 2.75 bits per heavy atom. The van der Waals surface area contributed by atoms with E-state index in [1.54, 1.807) is 12.1 Å². The average Bonchev–Trinajstić information content (AvgIpc) is 3.05. The maximum Gasteiger partial charge on any atom is 0.270 e. The fraction of sp³-hybridized carbons (Fsp3) is 0.176. The van der Waals surface area contributed by atoms with E-state index >= 15 is 0 Å². The first-order chi connectivity index (χ1) is 11.5. The Balaban J connectivity index is 1.72. The van der Waals surface area contributed by atoms with Crippen molar-refractivity contribution in [1.29, 1.82) is 0 Å². The third-order valence-corrected chi connectivity index (χ3v) is 3.62. The Hall–Kier alpha value is -3.22. The van der Waals surface area contributed by atoms with Gasteiger partial charge < -0.3 is 9.26 Å². The zero-order valence-corrected chi connectivity index (χ0v) is 13.2. The van der Waals surface area contributed by atoms with Crippen LogP contribution in [-0.4, -0.2) is 15.1 Å². The lowest BCUT2D eigenvalue weighted by molar-refractivity contribution is -0.384. The van der Waals surface area contributed by atoms with Gasteiger partial charge in [0, 0.05) is 17.7 Å². The minimum atomic E-state index is -0.465. The van der Waals surface area contributed by atoms with Crippen molar-refractivity contribution in [1.82, 2.24) is 10.1 Å². The molecule has 0 saturated carbocycles. The molecule has 2 aromatic carbocycles. The van der Waals surface area contributed by atoms with Crippen LogP contribution in [0.15, 0.2) is 47.0 Å². The summed E-state index contributed by atoms with van der Waals surface area (Å²) in [5.74, 6) is 1.31. The Kier molecular flexibility index (Phi) is 4.24. The zero-order chi connectivity index (χ0) is 17.1. The summed E-state index contributed by atoms with van der Waals surface area (Å²) >= 11 is 0. The van der Waals surface area contributed by atoms with Crippen molar-refractivity contribution in [2.75, 3.05) is 0 Å². The van der Waals surface area contributed by atoms with Gasteiger partial charge in [-0.05, 0) is 37.1 Å². The lowest BCUT2D eigenvalue weighted by Crippen LogP contribution is -1.96. The van der Waals surface area contributed by atoms with Gasteiger partial charge in [-0.3, -0.25) is 10.1 Å². The predicted molar refractivity (Wildman–Crippen MR) is 86.6 cm³/mol. The molecule has 0 aliphatic rings. The molecule has 0 radical (unpaired) electrons. The smallest absolute Gasteiger partial charge is 0.270 e. The number of hydrogen-bond donors (Lipinski definition) is 0. The van der Waals surface area contributed by atoms with Gasteiger partial charge in [-0.15, -0.1) is 0 Å². The van der Waals surface area contributed by atoms with Gasteiger partial charge in [0.15, 0.2) is 6.61 Å². The topological polar surface area (TPSA) is 91.3 Å².